The van der Waals surface area contributed by atoms with Gasteiger partial charge in [0.2, 0.25) is 0 Å². The molecule has 0 aromatic carbocycles. The van der Waals surface area contributed by atoms with E-state index in [4.69, 9.17) is 4.74 Å². The minimum Gasteiger partial charge on any atom is -0.379 e. The van der Waals surface area contributed by atoms with Crippen LogP contribution < -0.4 is 5.32 Å². The average molecular weight is 226 g/mol. The third kappa shape index (κ3) is 3.44. The smallest absolute Gasteiger partial charge is 0.0619 e. The van der Waals surface area contributed by atoms with E-state index in [2.05, 4.69) is 24.1 Å². The van der Waals surface area contributed by atoms with E-state index < -0.39 is 0 Å². The Morgan fingerprint density at radius 3 is 2.88 bits per heavy atom. The Bertz CT molecular complexity index is 206. The topological polar surface area (TPSA) is 24.5 Å². The van der Waals surface area contributed by atoms with E-state index in [9.17, 15) is 0 Å². The normalized spacial score (nSPS) is 29.2. The van der Waals surface area contributed by atoms with Crippen molar-refractivity contribution >= 4 is 0 Å². The van der Waals surface area contributed by atoms with E-state index in [1.54, 1.807) is 0 Å². The molecule has 1 N–H and O–H groups in total. The first-order valence-electron chi connectivity index (χ1n) is 6.86. The van der Waals surface area contributed by atoms with Crippen molar-refractivity contribution < 1.29 is 4.74 Å². The lowest BCUT2D eigenvalue weighted by atomic mass is 10.1. The van der Waals surface area contributed by atoms with E-state index in [0.29, 0.717) is 6.04 Å². The Morgan fingerprint density at radius 1 is 1.44 bits per heavy atom. The summed E-state index contributed by atoms with van der Waals surface area (Å²) in [6.45, 7) is 9.84. The van der Waals surface area contributed by atoms with Gasteiger partial charge < -0.3 is 10.1 Å². The zero-order valence-electron chi connectivity index (χ0n) is 10.7. The SMILES string of the molecule is CCCNC(CN1CCOCC1C)C1CC1. The molecule has 2 rings (SSSR count). The number of morpholine rings is 1. The second kappa shape index (κ2) is 5.99. The lowest BCUT2D eigenvalue weighted by Gasteiger charge is -2.36. The maximum atomic E-state index is 5.49. The molecule has 3 nitrogen and oxygen atoms in total. The van der Waals surface area contributed by atoms with Crippen molar-refractivity contribution in [2.45, 2.75) is 45.2 Å². The van der Waals surface area contributed by atoms with Crippen LogP contribution in [0.4, 0.5) is 0 Å². The summed E-state index contributed by atoms with van der Waals surface area (Å²) in [5, 5.41) is 3.72. The molecule has 0 bridgehead atoms. The maximum absolute atomic E-state index is 5.49. The summed E-state index contributed by atoms with van der Waals surface area (Å²) in [6.07, 6.45) is 4.10. The van der Waals surface area contributed by atoms with Gasteiger partial charge in [0.1, 0.15) is 0 Å². The van der Waals surface area contributed by atoms with Gasteiger partial charge in [-0.25, -0.2) is 0 Å². The number of ether oxygens (including phenoxy) is 1. The molecule has 1 aliphatic carbocycles. The lowest BCUT2D eigenvalue weighted by Crippen LogP contribution is -2.50. The van der Waals surface area contributed by atoms with Crippen LogP contribution in [0.25, 0.3) is 0 Å². The van der Waals surface area contributed by atoms with E-state index >= 15 is 0 Å². The van der Waals surface area contributed by atoms with Crippen molar-refractivity contribution in [2.75, 3.05) is 32.8 Å². The number of rotatable bonds is 6. The standard InChI is InChI=1S/C13H26N2O/c1-3-6-14-13(12-4-5-12)9-15-7-8-16-10-11(15)2/h11-14H,3-10H2,1-2H3. The third-order valence-corrected chi connectivity index (χ3v) is 3.78. The maximum Gasteiger partial charge on any atom is 0.0619 e. The third-order valence-electron chi connectivity index (χ3n) is 3.78. The first kappa shape index (κ1) is 12.3. The lowest BCUT2D eigenvalue weighted by molar-refractivity contribution is -0.00538. The van der Waals surface area contributed by atoms with Crippen molar-refractivity contribution in [1.82, 2.24) is 10.2 Å². The molecule has 3 heteroatoms. The van der Waals surface area contributed by atoms with Crippen LogP contribution in [0.3, 0.4) is 0 Å². The Hall–Kier alpha value is -0.120. The zero-order valence-corrected chi connectivity index (χ0v) is 10.7. The fraction of sp³-hybridized carbons (Fsp3) is 1.00. The fourth-order valence-corrected chi connectivity index (χ4v) is 2.49. The summed E-state index contributed by atoms with van der Waals surface area (Å²) >= 11 is 0. The molecule has 1 aliphatic heterocycles. The van der Waals surface area contributed by atoms with Gasteiger partial charge in [-0.15, -0.1) is 0 Å². The first-order valence-corrected chi connectivity index (χ1v) is 6.86. The molecule has 16 heavy (non-hydrogen) atoms. The van der Waals surface area contributed by atoms with Crippen LogP contribution in [0.5, 0.6) is 0 Å². The summed E-state index contributed by atoms with van der Waals surface area (Å²) in [5.41, 5.74) is 0. The predicted octanol–water partition coefficient (Wildman–Crippen LogP) is 1.49. The van der Waals surface area contributed by atoms with Crippen LogP contribution in [0.15, 0.2) is 0 Å². The van der Waals surface area contributed by atoms with Crippen LogP contribution in [0, 0.1) is 5.92 Å². The van der Waals surface area contributed by atoms with Gasteiger partial charge >= 0.3 is 0 Å². The summed E-state index contributed by atoms with van der Waals surface area (Å²) in [4.78, 5) is 2.59. The number of hydrogen-bond acceptors (Lipinski definition) is 3. The van der Waals surface area contributed by atoms with E-state index in [-0.39, 0.29) is 0 Å². The minimum atomic E-state index is 0.596. The number of hydrogen-bond donors (Lipinski definition) is 1. The largest absolute Gasteiger partial charge is 0.379 e. The average Bonchev–Trinajstić information content (AvgIpc) is 3.10. The molecule has 0 amide bonds. The number of nitrogens with one attached hydrogen (secondary N) is 1. The van der Waals surface area contributed by atoms with E-state index in [1.165, 1.54) is 32.4 Å². The fourth-order valence-electron chi connectivity index (χ4n) is 2.49. The quantitative estimate of drug-likeness (QED) is 0.742. The van der Waals surface area contributed by atoms with Crippen LogP contribution in [-0.4, -0.2) is 49.8 Å². The van der Waals surface area contributed by atoms with Crippen molar-refractivity contribution in [3.8, 4) is 0 Å². The van der Waals surface area contributed by atoms with Crippen molar-refractivity contribution in [2.24, 2.45) is 5.92 Å². The molecular weight excluding hydrogens is 200 g/mol. The van der Waals surface area contributed by atoms with E-state index in [1.807, 2.05) is 0 Å². The van der Waals surface area contributed by atoms with Crippen LogP contribution >= 0.6 is 0 Å². The Labute approximate surface area is 99.5 Å². The molecule has 0 aromatic rings. The molecule has 1 saturated heterocycles. The Morgan fingerprint density at radius 2 is 2.25 bits per heavy atom. The van der Waals surface area contributed by atoms with Gasteiger partial charge in [-0.2, -0.15) is 0 Å². The van der Waals surface area contributed by atoms with Gasteiger partial charge in [0.25, 0.3) is 0 Å². The monoisotopic (exact) mass is 226 g/mol. The highest BCUT2D eigenvalue weighted by Gasteiger charge is 2.33. The second-order valence-electron chi connectivity index (χ2n) is 5.32. The van der Waals surface area contributed by atoms with Crippen molar-refractivity contribution in [3.05, 3.63) is 0 Å². The van der Waals surface area contributed by atoms with Gasteiger partial charge in [-0.05, 0) is 38.6 Å². The molecule has 2 fully saturated rings. The summed E-state index contributed by atoms with van der Waals surface area (Å²) < 4.78 is 5.49. The van der Waals surface area contributed by atoms with Gasteiger partial charge in [-0.3, -0.25) is 4.90 Å². The molecule has 2 aliphatic rings. The van der Waals surface area contributed by atoms with Crippen LogP contribution in [0.1, 0.15) is 33.1 Å². The molecular formula is C13H26N2O. The molecule has 0 radical (unpaired) electrons. The molecule has 1 heterocycles. The van der Waals surface area contributed by atoms with Crippen LogP contribution in [-0.2, 0) is 4.74 Å². The predicted molar refractivity (Wildman–Crippen MR) is 66.7 cm³/mol. The highest BCUT2D eigenvalue weighted by Crippen LogP contribution is 2.33. The molecule has 94 valence electrons. The molecule has 0 spiro atoms. The van der Waals surface area contributed by atoms with Gasteiger partial charge in [0.15, 0.2) is 0 Å². The van der Waals surface area contributed by atoms with Crippen LogP contribution in [0.2, 0.25) is 0 Å². The second-order valence-corrected chi connectivity index (χ2v) is 5.32. The van der Waals surface area contributed by atoms with Crippen molar-refractivity contribution in [3.63, 3.8) is 0 Å². The first-order chi connectivity index (χ1) is 7.81. The Balaban J connectivity index is 1.78. The van der Waals surface area contributed by atoms with Gasteiger partial charge in [0.05, 0.1) is 13.2 Å². The number of nitrogens with zero attached hydrogens (tertiary/aromatic N) is 1. The Kier molecular flexibility index (Phi) is 4.62. The highest BCUT2D eigenvalue weighted by molar-refractivity contribution is 4.89. The van der Waals surface area contributed by atoms with Gasteiger partial charge in [-0.1, -0.05) is 6.92 Å². The van der Waals surface area contributed by atoms with Crippen molar-refractivity contribution in [1.29, 1.82) is 0 Å². The summed E-state index contributed by atoms with van der Waals surface area (Å²) in [7, 11) is 0. The zero-order chi connectivity index (χ0) is 11.4. The minimum absolute atomic E-state index is 0.596. The molecule has 1 saturated carbocycles. The van der Waals surface area contributed by atoms with E-state index in [0.717, 1.165) is 31.7 Å². The molecule has 2 unspecified atom stereocenters. The summed E-state index contributed by atoms with van der Waals surface area (Å²) in [6, 6.07) is 1.32. The molecule has 2 atom stereocenters. The highest BCUT2D eigenvalue weighted by atomic mass is 16.5. The molecule has 0 aromatic heterocycles. The van der Waals surface area contributed by atoms with Gasteiger partial charge in [0, 0.05) is 25.2 Å². The summed E-state index contributed by atoms with van der Waals surface area (Å²) in [5.74, 6) is 0.946.